The minimum absolute atomic E-state index is 0.373. The predicted molar refractivity (Wildman–Crippen MR) is 79.5 cm³/mol. The SMILES string of the molecule is CC1CN(CCC2CCCCN2C)CC(CBr)O1. The quantitative estimate of drug-likeness (QED) is 0.740. The molecule has 18 heavy (non-hydrogen) atoms. The summed E-state index contributed by atoms with van der Waals surface area (Å²) in [6.45, 7) is 6.89. The summed E-state index contributed by atoms with van der Waals surface area (Å²) in [5, 5.41) is 0.956. The van der Waals surface area contributed by atoms with Gasteiger partial charge in [-0.15, -0.1) is 0 Å². The summed E-state index contributed by atoms with van der Waals surface area (Å²) in [6, 6.07) is 0.805. The van der Waals surface area contributed by atoms with Crippen LogP contribution in [0.4, 0.5) is 0 Å². The Morgan fingerprint density at radius 1 is 1.28 bits per heavy atom. The monoisotopic (exact) mass is 318 g/mol. The molecule has 2 fully saturated rings. The lowest BCUT2D eigenvalue weighted by atomic mass is 10.00. The molecule has 0 aromatic rings. The zero-order chi connectivity index (χ0) is 13.0. The van der Waals surface area contributed by atoms with E-state index in [9.17, 15) is 0 Å². The van der Waals surface area contributed by atoms with E-state index < -0.39 is 0 Å². The first kappa shape index (κ1) is 14.8. The van der Waals surface area contributed by atoms with Gasteiger partial charge in [0.2, 0.25) is 0 Å². The maximum Gasteiger partial charge on any atom is 0.0802 e. The lowest BCUT2D eigenvalue weighted by Crippen LogP contribution is -2.48. The van der Waals surface area contributed by atoms with Crippen molar-refractivity contribution in [1.29, 1.82) is 0 Å². The van der Waals surface area contributed by atoms with E-state index in [0.717, 1.165) is 24.5 Å². The van der Waals surface area contributed by atoms with Crippen LogP contribution in [0.25, 0.3) is 0 Å². The molecule has 2 saturated heterocycles. The highest BCUT2D eigenvalue weighted by molar-refractivity contribution is 9.09. The van der Waals surface area contributed by atoms with Crippen LogP contribution in [0.3, 0.4) is 0 Å². The summed E-state index contributed by atoms with van der Waals surface area (Å²) in [7, 11) is 2.28. The van der Waals surface area contributed by atoms with Gasteiger partial charge >= 0.3 is 0 Å². The fourth-order valence-corrected chi connectivity index (χ4v) is 3.61. The minimum Gasteiger partial charge on any atom is -0.372 e. The average molecular weight is 319 g/mol. The van der Waals surface area contributed by atoms with E-state index in [0.29, 0.717) is 12.2 Å². The Balaban J connectivity index is 1.74. The van der Waals surface area contributed by atoms with E-state index >= 15 is 0 Å². The molecule has 4 heteroatoms. The van der Waals surface area contributed by atoms with Crippen LogP contribution >= 0.6 is 15.9 Å². The first-order valence-electron chi connectivity index (χ1n) is 7.33. The van der Waals surface area contributed by atoms with Gasteiger partial charge in [0.15, 0.2) is 0 Å². The molecule has 0 saturated carbocycles. The second kappa shape index (κ2) is 7.22. The largest absolute Gasteiger partial charge is 0.372 e. The van der Waals surface area contributed by atoms with E-state index in [2.05, 4.69) is 39.7 Å². The van der Waals surface area contributed by atoms with Crippen molar-refractivity contribution in [2.45, 2.75) is 50.9 Å². The van der Waals surface area contributed by atoms with Gasteiger partial charge in [0.05, 0.1) is 12.2 Å². The van der Waals surface area contributed by atoms with Gasteiger partial charge in [0.25, 0.3) is 0 Å². The molecule has 2 heterocycles. The maximum atomic E-state index is 5.88. The third kappa shape index (κ3) is 4.19. The van der Waals surface area contributed by atoms with Crippen LogP contribution in [0.5, 0.6) is 0 Å². The molecule has 0 aromatic carbocycles. The smallest absolute Gasteiger partial charge is 0.0802 e. The molecular weight excluding hydrogens is 292 g/mol. The number of halogens is 1. The van der Waals surface area contributed by atoms with E-state index in [1.165, 1.54) is 38.8 Å². The summed E-state index contributed by atoms with van der Waals surface area (Å²) < 4.78 is 5.88. The Hall–Kier alpha value is 0.360. The Bertz CT molecular complexity index is 252. The van der Waals surface area contributed by atoms with E-state index in [-0.39, 0.29) is 0 Å². The van der Waals surface area contributed by atoms with Gasteiger partial charge in [-0.2, -0.15) is 0 Å². The number of nitrogens with zero attached hydrogens (tertiary/aromatic N) is 2. The molecule has 0 radical (unpaired) electrons. The van der Waals surface area contributed by atoms with Crippen molar-refractivity contribution in [2.24, 2.45) is 0 Å². The highest BCUT2D eigenvalue weighted by Crippen LogP contribution is 2.19. The van der Waals surface area contributed by atoms with Crippen molar-refractivity contribution in [3.63, 3.8) is 0 Å². The van der Waals surface area contributed by atoms with Crippen LogP contribution in [0.2, 0.25) is 0 Å². The second-order valence-corrected chi connectivity index (χ2v) is 6.55. The van der Waals surface area contributed by atoms with Crippen LogP contribution in [-0.2, 0) is 4.74 Å². The molecule has 0 amide bonds. The number of alkyl halides is 1. The Kier molecular flexibility index (Phi) is 5.93. The number of hydrogen-bond acceptors (Lipinski definition) is 3. The highest BCUT2D eigenvalue weighted by atomic mass is 79.9. The normalized spacial score (nSPS) is 35.8. The van der Waals surface area contributed by atoms with Gasteiger partial charge in [-0.3, -0.25) is 4.90 Å². The fraction of sp³-hybridized carbons (Fsp3) is 1.00. The first-order valence-corrected chi connectivity index (χ1v) is 8.45. The van der Waals surface area contributed by atoms with Gasteiger partial charge < -0.3 is 9.64 Å². The molecule has 2 aliphatic heterocycles. The van der Waals surface area contributed by atoms with Crippen LogP contribution in [0, 0.1) is 0 Å². The van der Waals surface area contributed by atoms with Gasteiger partial charge in [-0.1, -0.05) is 22.4 Å². The number of likely N-dealkylation sites (tertiary alicyclic amines) is 1. The topological polar surface area (TPSA) is 15.7 Å². The van der Waals surface area contributed by atoms with Crippen molar-refractivity contribution in [1.82, 2.24) is 9.80 Å². The van der Waals surface area contributed by atoms with E-state index in [4.69, 9.17) is 4.74 Å². The van der Waals surface area contributed by atoms with Crippen molar-refractivity contribution < 1.29 is 4.74 Å². The molecule has 2 aliphatic rings. The molecule has 0 spiro atoms. The van der Waals surface area contributed by atoms with Crippen LogP contribution in [-0.4, -0.2) is 66.6 Å². The molecule has 0 N–H and O–H groups in total. The van der Waals surface area contributed by atoms with Crippen molar-refractivity contribution in [3.05, 3.63) is 0 Å². The van der Waals surface area contributed by atoms with Crippen molar-refractivity contribution in [3.8, 4) is 0 Å². The number of rotatable bonds is 4. The summed E-state index contributed by atoms with van der Waals surface area (Å²) in [4.78, 5) is 5.14. The summed E-state index contributed by atoms with van der Waals surface area (Å²) in [5.41, 5.74) is 0. The molecule has 0 bridgehead atoms. The molecule has 0 aliphatic carbocycles. The molecule has 2 rings (SSSR count). The van der Waals surface area contributed by atoms with Crippen molar-refractivity contribution >= 4 is 15.9 Å². The number of morpholine rings is 1. The first-order chi connectivity index (χ1) is 8.69. The zero-order valence-corrected chi connectivity index (χ0v) is 13.4. The van der Waals surface area contributed by atoms with E-state index in [1.807, 2.05) is 0 Å². The highest BCUT2D eigenvalue weighted by Gasteiger charge is 2.26. The Morgan fingerprint density at radius 2 is 2.11 bits per heavy atom. The van der Waals surface area contributed by atoms with Gasteiger partial charge in [0, 0.05) is 24.5 Å². The van der Waals surface area contributed by atoms with Crippen molar-refractivity contribution in [2.75, 3.05) is 38.6 Å². The van der Waals surface area contributed by atoms with Gasteiger partial charge in [-0.25, -0.2) is 0 Å². The van der Waals surface area contributed by atoms with Gasteiger partial charge in [0.1, 0.15) is 0 Å². The summed E-state index contributed by atoms with van der Waals surface area (Å²) in [5.74, 6) is 0. The predicted octanol–water partition coefficient (Wildman–Crippen LogP) is 2.35. The summed E-state index contributed by atoms with van der Waals surface area (Å²) in [6.07, 6.45) is 6.26. The third-order valence-corrected chi connectivity index (χ3v) is 5.00. The average Bonchev–Trinajstić information content (AvgIpc) is 2.37. The lowest BCUT2D eigenvalue weighted by Gasteiger charge is -2.38. The Morgan fingerprint density at radius 3 is 2.83 bits per heavy atom. The zero-order valence-electron chi connectivity index (χ0n) is 11.8. The van der Waals surface area contributed by atoms with Crippen LogP contribution in [0.1, 0.15) is 32.6 Å². The standard InChI is InChI=1S/C14H27BrN2O/c1-12-10-17(11-14(9-15)18-12)8-6-13-5-3-4-7-16(13)2/h12-14H,3-11H2,1-2H3. The minimum atomic E-state index is 0.373. The third-order valence-electron chi connectivity index (χ3n) is 4.27. The van der Waals surface area contributed by atoms with E-state index in [1.54, 1.807) is 0 Å². The number of hydrogen-bond donors (Lipinski definition) is 0. The molecular formula is C14H27BrN2O. The second-order valence-electron chi connectivity index (χ2n) is 5.90. The molecule has 106 valence electrons. The maximum absolute atomic E-state index is 5.88. The lowest BCUT2D eigenvalue weighted by molar-refractivity contribution is -0.0669. The van der Waals surface area contributed by atoms with Crippen LogP contribution in [0.15, 0.2) is 0 Å². The molecule has 3 atom stereocenters. The van der Waals surface area contributed by atoms with Crippen LogP contribution < -0.4 is 0 Å². The summed E-state index contributed by atoms with van der Waals surface area (Å²) >= 11 is 3.54. The Labute approximate surface area is 120 Å². The molecule has 3 unspecified atom stereocenters. The number of piperidine rings is 1. The molecule has 3 nitrogen and oxygen atoms in total. The molecule has 0 aromatic heterocycles. The fourth-order valence-electron chi connectivity index (χ4n) is 3.25. The van der Waals surface area contributed by atoms with Gasteiger partial charge in [-0.05, 0) is 46.3 Å². The number of ether oxygens (including phenoxy) is 1.